The van der Waals surface area contributed by atoms with Gasteiger partial charge in [-0.1, -0.05) is 20.8 Å². The van der Waals surface area contributed by atoms with Crippen molar-refractivity contribution in [1.29, 1.82) is 0 Å². The van der Waals surface area contributed by atoms with E-state index in [1.807, 2.05) is 39.5 Å². The number of carbonyl (C=O) groups is 1. The van der Waals surface area contributed by atoms with Crippen LogP contribution in [0.1, 0.15) is 50.7 Å². The van der Waals surface area contributed by atoms with E-state index in [1.54, 1.807) is 12.4 Å². The van der Waals surface area contributed by atoms with Gasteiger partial charge in [0, 0.05) is 42.2 Å². The van der Waals surface area contributed by atoms with Crippen LogP contribution in [0.2, 0.25) is 0 Å². The number of H-pyrrole nitrogens is 1. The van der Waals surface area contributed by atoms with Gasteiger partial charge >= 0.3 is 0 Å². The normalized spacial score (nSPS) is 18.2. The summed E-state index contributed by atoms with van der Waals surface area (Å²) in [6.45, 7) is 11.6. The number of nitrogens with one attached hydrogen (secondary N) is 1. The van der Waals surface area contributed by atoms with Crippen LogP contribution in [0.3, 0.4) is 0 Å². The summed E-state index contributed by atoms with van der Waals surface area (Å²) in [4.78, 5) is 23.9. The van der Waals surface area contributed by atoms with E-state index in [2.05, 4.69) is 20.2 Å². The maximum Gasteiger partial charge on any atom is 0.227 e. The van der Waals surface area contributed by atoms with E-state index in [1.165, 1.54) is 0 Å². The number of nitrogens with zero attached hydrogens (tertiary/aromatic N) is 4. The van der Waals surface area contributed by atoms with Gasteiger partial charge in [-0.15, -0.1) is 0 Å². The number of likely N-dealkylation sites (tertiary alicyclic amines) is 1. The van der Waals surface area contributed by atoms with E-state index in [0.29, 0.717) is 5.92 Å². The zero-order valence-corrected chi connectivity index (χ0v) is 16.5. The lowest BCUT2D eigenvalue weighted by atomic mass is 9.88. The second-order valence-corrected chi connectivity index (χ2v) is 8.37. The lowest BCUT2D eigenvalue weighted by Gasteiger charge is -2.36. The fraction of sp³-hybridized carbons (Fsp3) is 0.600. The first-order valence-electron chi connectivity index (χ1n) is 9.38. The summed E-state index contributed by atoms with van der Waals surface area (Å²) >= 11 is 0. The number of rotatable bonds is 3. The maximum absolute atomic E-state index is 12.6. The Balaban J connectivity index is 1.81. The fourth-order valence-electron chi connectivity index (χ4n) is 3.79. The predicted molar refractivity (Wildman–Crippen MR) is 102 cm³/mol. The zero-order valence-electron chi connectivity index (χ0n) is 16.5. The largest absolute Gasteiger partial charge is 0.342 e. The molecule has 1 amide bonds. The van der Waals surface area contributed by atoms with Crippen LogP contribution >= 0.6 is 0 Å². The van der Waals surface area contributed by atoms with Crippen molar-refractivity contribution < 1.29 is 4.79 Å². The molecule has 140 valence electrons. The lowest BCUT2D eigenvalue weighted by molar-refractivity contribution is -0.141. The number of carbonyl (C=O) groups excluding carboxylic acids is 1. The molecule has 3 heterocycles. The zero-order chi connectivity index (χ0) is 18.9. The second-order valence-electron chi connectivity index (χ2n) is 8.37. The van der Waals surface area contributed by atoms with E-state index in [4.69, 9.17) is 0 Å². The number of amides is 1. The molecule has 1 aliphatic rings. The highest BCUT2D eigenvalue weighted by Gasteiger charge is 2.31. The Morgan fingerprint density at radius 1 is 1.27 bits per heavy atom. The molecule has 0 unspecified atom stereocenters. The Morgan fingerprint density at radius 3 is 2.65 bits per heavy atom. The molecule has 0 radical (unpaired) electrons. The average molecular weight is 355 g/mol. The van der Waals surface area contributed by atoms with Crippen molar-refractivity contribution in [1.82, 2.24) is 25.1 Å². The molecule has 1 saturated heterocycles. The van der Waals surface area contributed by atoms with Crippen LogP contribution in [-0.2, 0) is 11.2 Å². The monoisotopic (exact) mass is 355 g/mol. The molecule has 1 atom stereocenters. The van der Waals surface area contributed by atoms with Crippen molar-refractivity contribution in [2.45, 2.75) is 53.9 Å². The summed E-state index contributed by atoms with van der Waals surface area (Å²) in [5, 5.41) is 7.33. The van der Waals surface area contributed by atoms with Gasteiger partial charge in [0.15, 0.2) is 0 Å². The van der Waals surface area contributed by atoms with Crippen molar-refractivity contribution in [3.8, 4) is 11.3 Å². The van der Waals surface area contributed by atoms with E-state index in [9.17, 15) is 4.79 Å². The first-order chi connectivity index (χ1) is 12.3. The van der Waals surface area contributed by atoms with Gasteiger partial charge in [-0.05, 0) is 39.0 Å². The molecule has 0 aromatic carbocycles. The Hall–Kier alpha value is -2.24. The SMILES string of the molecule is Cc1n[nH]c(C)c1-c1nccnc1C[C@@H]1CCCN(C(=O)C(C)(C)C)C1. The number of hydrogen-bond acceptors (Lipinski definition) is 4. The summed E-state index contributed by atoms with van der Waals surface area (Å²) in [5.41, 5.74) is 4.58. The van der Waals surface area contributed by atoms with Gasteiger partial charge < -0.3 is 4.90 Å². The Kier molecular flexibility index (Phi) is 5.12. The third-order valence-electron chi connectivity index (χ3n) is 5.07. The molecule has 26 heavy (non-hydrogen) atoms. The standard InChI is InChI=1S/C20H29N5O/c1-13-17(14(2)24-23-13)18-16(21-8-9-22-18)11-15-7-6-10-25(12-15)19(26)20(3,4)5/h8-9,15H,6-7,10-12H2,1-5H3,(H,23,24)/t15-/m0/s1. The molecule has 2 aromatic rings. The molecule has 0 aliphatic carbocycles. The summed E-state index contributed by atoms with van der Waals surface area (Å²) in [6.07, 6.45) is 6.49. The summed E-state index contributed by atoms with van der Waals surface area (Å²) in [6, 6.07) is 0. The van der Waals surface area contributed by atoms with E-state index >= 15 is 0 Å². The number of hydrogen-bond donors (Lipinski definition) is 1. The van der Waals surface area contributed by atoms with E-state index in [-0.39, 0.29) is 11.3 Å². The van der Waals surface area contributed by atoms with Gasteiger partial charge in [0.05, 0.1) is 17.1 Å². The van der Waals surface area contributed by atoms with E-state index in [0.717, 1.165) is 60.7 Å². The van der Waals surface area contributed by atoms with Gasteiger partial charge in [-0.3, -0.25) is 19.9 Å². The quantitative estimate of drug-likeness (QED) is 0.916. The van der Waals surface area contributed by atoms with Gasteiger partial charge in [0.2, 0.25) is 5.91 Å². The molecule has 2 aromatic heterocycles. The van der Waals surface area contributed by atoms with Gasteiger partial charge in [0.1, 0.15) is 0 Å². The predicted octanol–water partition coefficient (Wildman–Crippen LogP) is 3.31. The first kappa shape index (κ1) is 18.5. The summed E-state index contributed by atoms with van der Waals surface area (Å²) in [7, 11) is 0. The maximum atomic E-state index is 12.6. The van der Waals surface area contributed by atoms with Crippen LogP contribution in [0.25, 0.3) is 11.3 Å². The molecule has 1 N–H and O–H groups in total. The van der Waals surface area contributed by atoms with Crippen LogP contribution in [0.15, 0.2) is 12.4 Å². The summed E-state index contributed by atoms with van der Waals surface area (Å²) < 4.78 is 0. The molecule has 1 aliphatic heterocycles. The molecule has 6 nitrogen and oxygen atoms in total. The number of aromatic amines is 1. The first-order valence-corrected chi connectivity index (χ1v) is 9.38. The fourth-order valence-corrected chi connectivity index (χ4v) is 3.79. The number of piperidine rings is 1. The van der Waals surface area contributed by atoms with Crippen LogP contribution in [0, 0.1) is 25.2 Å². The van der Waals surface area contributed by atoms with Crippen LogP contribution in [0.4, 0.5) is 0 Å². The Labute approximate surface area is 155 Å². The average Bonchev–Trinajstić information content (AvgIpc) is 2.93. The van der Waals surface area contributed by atoms with Crippen molar-refractivity contribution in [2.24, 2.45) is 11.3 Å². The minimum absolute atomic E-state index is 0.239. The van der Waals surface area contributed by atoms with Gasteiger partial charge in [0.25, 0.3) is 0 Å². The van der Waals surface area contributed by atoms with Crippen molar-refractivity contribution in [3.05, 3.63) is 29.5 Å². The van der Waals surface area contributed by atoms with E-state index < -0.39 is 0 Å². The van der Waals surface area contributed by atoms with Crippen LogP contribution in [0.5, 0.6) is 0 Å². The van der Waals surface area contributed by atoms with Crippen molar-refractivity contribution >= 4 is 5.91 Å². The Bertz CT molecular complexity index is 770. The Morgan fingerprint density at radius 2 is 2.00 bits per heavy atom. The topological polar surface area (TPSA) is 74.8 Å². The lowest BCUT2D eigenvalue weighted by Crippen LogP contribution is -2.45. The van der Waals surface area contributed by atoms with Crippen molar-refractivity contribution in [2.75, 3.05) is 13.1 Å². The molecular weight excluding hydrogens is 326 g/mol. The molecule has 0 spiro atoms. The third kappa shape index (κ3) is 3.79. The molecule has 1 fully saturated rings. The molecular formula is C20H29N5O. The molecule has 0 bridgehead atoms. The minimum Gasteiger partial charge on any atom is -0.342 e. The van der Waals surface area contributed by atoms with Crippen LogP contribution < -0.4 is 0 Å². The molecule has 0 saturated carbocycles. The number of aryl methyl sites for hydroxylation is 2. The van der Waals surface area contributed by atoms with Crippen LogP contribution in [-0.4, -0.2) is 44.1 Å². The van der Waals surface area contributed by atoms with Crippen molar-refractivity contribution in [3.63, 3.8) is 0 Å². The molecule has 6 heteroatoms. The number of aromatic nitrogens is 4. The van der Waals surface area contributed by atoms with Gasteiger partial charge in [-0.2, -0.15) is 5.10 Å². The second kappa shape index (κ2) is 7.17. The minimum atomic E-state index is -0.329. The molecule has 3 rings (SSSR count). The summed E-state index contributed by atoms with van der Waals surface area (Å²) in [5.74, 6) is 0.654. The third-order valence-corrected chi connectivity index (χ3v) is 5.07. The highest BCUT2D eigenvalue weighted by atomic mass is 16.2. The van der Waals surface area contributed by atoms with Gasteiger partial charge in [-0.25, -0.2) is 0 Å². The highest BCUT2D eigenvalue weighted by Crippen LogP contribution is 2.30. The highest BCUT2D eigenvalue weighted by molar-refractivity contribution is 5.81. The smallest absolute Gasteiger partial charge is 0.227 e.